The molecule has 4 rings (SSSR count). The van der Waals surface area contributed by atoms with Gasteiger partial charge in [0.1, 0.15) is 0 Å². The van der Waals surface area contributed by atoms with Gasteiger partial charge >= 0.3 is 0 Å². The normalized spacial score (nSPS) is 34.8. The molecule has 3 fully saturated rings. The lowest BCUT2D eigenvalue weighted by molar-refractivity contribution is -0.248. The average Bonchev–Trinajstić information content (AvgIpc) is 2.52. The largest absolute Gasteiger partial charge is 0.285 e. The van der Waals surface area contributed by atoms with E-state index < -0.39 is 22.9 Å². The molecule has 3 aliphatic carbocycles. The molecule has 0 spiro atoms. The Bertz CT molecular complexity index is 707. The number of fused-ring (bicyclic) bond motifs is 3. The number of hydrogen-bond donors (Lipinski definition) is 0. The molecule has 1 aromatic carbocycles. The zero-order valence-corrected chi connectivity index (χ0v) is 14.5. The number of halogens is 5. The monoisotopic (exact) mass is 360 g/mol. The van der Waals surface area contributed by atoms with Gasteiger partial charge in [-0.2, -0.15) is 0 Å². The topological polar surface area (TPSA) is 0 Å². The first-order valence-corrected chi connectivity index (χ1v) is 8.38. The Labute approximate surface area is 144 Å². The van der Waals surface area contributed by atoms with Crippen molar-refractivity contribution in [2.24, 2.45) is 10.8 Å². The van der Waals surface area contributed by atoms with Crippen LogP contribution in [0.15, 0.2) is 12.1 Å². The molecule has 124 valence electrons. The molecule has 0 heterocycles. The zero-order valence-electron chi connectivity index (χ0n) is 13.0. The molecule has 3 saturated carbocycles. The summed E-state index contributed by atoms with van der Waals surface area (Å²) in [4.78, 5) is 0. The second-order valence-electron chi connectivity index (χ2n) is 7.01. The van der Waals surface area contributed by atoms with Crippen molar-refractivity contribution in [1.82, 2.24) is 0 Å². The predicted octanol–water partition coefficient (Wildman–Crippen LogP) is 6.21. The van der Waals surface area contributed by atoms with Gasteiger partial charge in [-0.3, -0.25) is 0 Å². The minimum absolute atomic E-state index is 0.286. The van der Waals surface area contributed by atoms with Crippen molar-refractivity contribution in [3.05, 3.63) is 33.3 Å². The quantitative estimate of drug-likeness (QED) is 0.482. The van der Waals surface area contributed by atoms with Crippen LogP contribution in [0.5, 0.6) is 0 Å². The summed E-state index contributed by atoms with van der Waals surface area (Å²) in [7, 11) is 0. The highest BCUT2D eigenvalue weighted by atomic mass is 35.5. The van der Waals surface area contributed by atoms with Gasteiger partial charge in [0, 0.05) is 11.0 Å². The van der Waals surface area contributed by atoms with E-state index in [0.717, 1.165) is 5.56 Å². The summed E-state index contributed by atoms with van der Waals surface area (Å²) < 4.78 is 43.3. The summed E-state index contributed by atoms with van der Waals surface area (Å²) in [6.45, 7) is 3.29. The van der Waals surface area contributed by atoms with Crippen LogP contribution in [0.1, 0.15) is 43.7 Å². The van der Waals surface area contributed by atoms with Crippen molar-refractivity contribution >= 4 is 23.2 Å². The van der Waals surface area contributed by atoms with Gasteiger partial charge in [-0.15, -0.1) is 0 Å². The van der Waals surface area contributed by atoms with Crippen LogP contribution in [-0.4, -0.2) is 12.1 Å². The van der Waals surface area contributed by atoms with Crippen LogP contribution in [0.4, 0.5) is 13.2 Å². The van der Waals surface area contributed by atoms with E-state index in [2.05, 4.69) is 11.8 Å². The molecule has 1 atom stereocenters. The molecule has 1 aromatic rings. The molecular weight excluding hydrogens is 344 g/mol. The molecule has 0 saturated heterocycles. The highest BCUT2D eigenvalue weighted by Gasteiger charge is 2.69. The SMILES string of the molecule is Cc1ccc(C#CC23CCC(C)(CC2)C(F)(F)C3F)c(Cl)c1Cl. The fourth-order valence-electron chi connectivity index (χ4n) is 3.61. The molecule has 23 heavy (non-hydrogen) atoms. The van der Waals surface area contributed by atoms with E-state index in [9.17, 15) is 13.2 Å². The smallest absolute Gasteiger partial charge is 0.239 e. The Morgan fingerprint density at radius 1 is 1.09 bits per heavy atom. The Morgan fingerprint density at radius 2 is 1.70 bits per heavy atom. The summed E-state index contributed by atoms with van der Waals surface area (Å²) in [6.07, 6.45) is -0.959. The van der Waals surface area contributed by atoms with Gasteiger partial charge in [-0.05, 0) is 44.2 Å². The van der Waals surface area contributed by atoms with Crippen molar-refractivity contribution in [3.63, 3.8) is 0 Å². The summed E-state index contributed by atoms with van der Waals surface area (Å²) in [5.41, 5.74) is -1.28. The first-order chi connectivity index (χ1) is 10.6. The summed E-state index contributed by atoms with van der Waals surface area (Å²) in [6, 6.07) is 3.45. The van der Waals surface area contributed by atoms with Crippen molar-refractivity contribution in [1.29, 1.82) is 0 Å². The lowest BCUT2D eigenvalue weighted by Gasteiger charge is -2.56. The maximum Gasteiger partial charge on any atom is 0.285 e. The summed E-state index contributed by atoms with van der Waals surface area (Å²) >= 11 is 12.2. The standard InChI is InChI=1S/C18H17Cl2F3/c1-11-3-4-12(14(20)13(11)19)5-6-17-9-7-16(2,8-10-17)18(22,23)15(17)21/h3-4,15H,7-10H2,1-2H3. The second kappa shape index (κ2) is 5.33. The third-order valence-corrected chi connectivity index (χ3v) is 6.55. The Balaban J connectivity index is 2.00. The molecule has 2 bridgehead atoms. The van der Waals surface area contributed by atoms with Crippen LogP contribution in [0, 0.1) is 29.6 Å². The van der Waals surface area contributed by atoms with E-state index in [0.29, 0.717) is 23.4 Å². The van der Waals surface area contributed by atoms with Crippen LogP contribution >= 0.6 is 23.2 Å². The molecule has 0 aromatic heterocycles. The van der Waals surface area contributed by atoms with Gasteiger partial charge in [0.05, 0.1) is 15.5 Å². The van der Waals surface area contributed by atoms with Crippen LogP contribution in [0.3, 0.4) is 0 Å². The number of aryl methyl sites for hydroxylation is 1. The van der Waals surface area contributed by atoms with Crippen molar-refractivity contribution < 1.29 is 13.2 Å². The number of rotatable bonds is 0. The van der Waals surface area contributed by atoms with Gasteiger partial charge in [0.2, 0.25) is 0 Å². The van der Waals surface area contributed by atoms with Crippen LogP contribution in [-0.2, 0) is 0 Å². The first-order valence-electron chi connectivity index (χ1n) is 7.63. The Kier molecular flexibility index (Phi) is 3.93. The molecule has 0 radical (unpaired) electrons. The van der Waals surface area contributed by atoms with E-state index in [1.807, 2.05) is 6.92 Å². The number of benzene rings is 1. The van der Waals surface area contributed by atoms with Gasteiger partial charge < -0.3 is 0 Å². The van der Waals surface area contributed by atoms with E-state index in [4.69, 9.17) is 23.2 Å². The third-order valence-electron chi connectivity index (χ3n) is 5.58. The van der Waals surface area contributed by atoms with E-state index in [1.165, 1.54) is 6.92 Å². The molecule has 1 unspecified atom stereocenters. The maximum atomic E-state index is 14.6. The second-order valence-corrected chi connectivity index (χ2v) is 7.77. The van der Waals surface area contributed by atoms with Crippen LogP contribution in [0.25, 0.3) is 0 Å². The van der Waals surface area contributed by atoms with Gasteiger partial charge in [-0.25, -0.2) is 13.2 Å². The average molecular weight is 361 g/mol. The lowest BCUT2D eigenvalue weighted by atomic mass is 9.51. The molecule has 3 aliphatic rings. The lowest BCUT2D eigenvalue weighted by Crippen LogP contribution is -2.62. The molecular formula is C18H17Cl2F3. The van der Waals surface area contributed by atoms with E-state index in [1.54, 1.807) is 12.1 Å². The zero-order chi connectivity index (χ0) is 17.0. The fraction of sp³-hybridized carbons (Fsp3) is 0.556. The first kappa shape index (κ1) is 17.0. The number of hydrogen-bond acceptors (Lipinski definition) is 0. The van der Waals surface area contributed by atoms with Gasteiger partial charge in [0.25, 0.3) is 5.92 Å². The van der Waals surface area contributed by atoms with Gasteiger partial charge in [0.15, 0.2) is 6.17 Å². The molecule has 5 heteroatoms. The maximum absolute atomic E-state index is 14.6. The molecule has 0 nitrogen and oxygen atoms in total. The summed E-state index contributed by atoms with van der Waals surface area (Å²) in [5, 5.41) is 0.673. The molecule has 0 aliphatic heterocycles. The van der Waals surface area contributed by atoms with Gasteiger partial charge in [-0.1, -0.05) is 48.0 Å². The fourth-order valence-corrected chi connectivity index (χ4v) is 4.03. The highest BCUT2D eigenvalue weighted by Crippen LogP contribution is 2.64. The van der Waals surface area contributed by atoms with Crippen LogP contribution in [0.2, 0.25) is 10.0 Å². The Hall–Kier alpha value is -0.850. The van der Waals surface area contributed by atoms with Crippen molar-refractivity contribution in [3.8, 4) is 11.8 Å². The van der Waals surface area contributed by atoms with Crippen molar-refractivity contribution in [2.75, 3.05) is 0 Å². The van der Waals surface area contributed by atoms with E-state index >= 15 is 0 Å². The minimum Gasteiger partial charge on any atom is -0.239 e. The number of alkyl halides is 3. The molecule has 0 N–H and O–H groups in total. The Morgan fingerprint density at radius 3 is 2.30 bits per heavy atom. The third kappa shape index (κ3) is 2.37. The summed E-state index contributed by atoms with van der Waals surface area (Å²) in [5.74, 6) is 2.27. The van der Waals surface area contributed by atoms with E-state index in [-0.39, 0.29) is 17.9 Å². The van der Waals surface area contributed by atoms with Crippen LogP contribution < -0.4 is 0 Å². The van der Waals surface area contributed by atoms with Crippen molar-refractivity contribution in [2.45, 2.75) is 51.6 Å². The predicted molar refractivity (Wildman–Crippen MR) is 86.9 cm³/mol. The highest BCUT2D eigenvalue weighted by molar-refractivity contribution is 6.43. The molecule has 0 amide bonds. The minimum atomic E-state index is -3.34.